The topological polar surface area (TPSA) is 63.4 Å². The standard InChI is InChI=1S/C11H16Cl2N2O2S3/c1-7(2)6-15(4-3-10(14)18)20(16,17)8-5-9(12)19-11(8)13/h5,7H,3-4,6H2,1-2H3,(H2,14,18). The Morgan fingerprint density at radius 1 is 1.50 bits per heavy atom. The van der Waals surface area contributed by atoms with Gasteiger partial charge in [0.25, 0.3) is 0 Å². The van der Waals surface area contributed by atoms with Crippen molar-refractivity contribution in [2.24, 2.45) is 11.7 Å². The number of sulfonamides is 1. The molecule has 0 fully saturated rings. The molecule has 0 amide bonds. The Morgan fingerprint density at radius 2 is 2.10 bits per heavy atom. The van der Waals surface area contributed by atoms with Crippen molar-refractivity contribution < 1.29 is 8.42 Å². The minimum absolute atomic E-state index is 0.0396. The fraction of sp³-hybridized carbons (Fsp3) is 0.545. The van der Waals surface area contributed by atoms with Crippen molar-refractivity contribution in [1.82, 2.24) is 4.31 Å². The molecule has 0 saturated heterocycles. The van der Waals surface area contributed by atoms with Gasteiger partial charge in [-0.1, -0.05) is 49.3 Å². The second kappa shape index (κ2) is 7.38. The van der Waals surface area contributed by atoms with Crippen LogP contribution in [0.4, 0.5) is 0 Å². The van der Waals surface area contributed by atoms with Crippen molar-refractivity contribution in [2.45, 2.75) is 25.2 Å². The van der Waals surface area contributed by atoms with Crippen LogP contribution < -0.4 is 5.73 Å². The minimum atomic E-state index is -3.69. The van der Waals surface area contributed by atoms with Crippen LogP contribution in [-0.4, -0.2) is 30.8 Å². The van der Waals surface area contributed by atoms with Crippen molar-refractivity contribution in [3.63, 3.8) is 0 Å². The Morgan fingerprint density at radius 3 is 2.50 bits per heavy atom. The van der Waals surface area contributed by atoms with Crippen LogP contribution in [0.5, 0.6) is 0 Å². The van der Waals surface area contributed by atoms with E-state index in [1.807, 2.05) is 13.8 Å². The van der Waals surface area contributed by atoms with Crippen LogP contribution >= 0.6 is 46.8 Å². The van der Waals surface area contributed by atoms with Gasteiger partial charge in [0.1, 0.15) is 9.23 Å². The molecule has 4 nitrogen and oxygen atoms in total. The second-order valence-electron chi connectivity index (χ2n) is 4.66. The normalized spacial score (nSPS) is 12.3. The highest BCUT2D eigenvalue weighted by Crippen LogP contribution is 2.36. The van der Waals surface area contributed by atoms with Crippen molar-refractivity contribution in [3.05, 3.63) is 14.7 Å². The van der Waals surface area contributed by atoms with Crippen molar-refractivity contribution in [2.75, 3.05) is 13.1 Å². The molecular formula is C11H16Cl2N2O2S3. The van der Waals surface area contributed by atoms with Gasteiger partial charge in [-0.25, -0.2) is 8.42 Å². The Labute approximate surface area is 138 Å². The lowest BCUT2D eigenvalue weighted by atomic mass is 10.2. The monoisotopic (exact) mass is 374 g/mol. The zero-order valence-electron chi connectivity index (χ0n) is 11.1. The Bertz CT molecular complexity index is 584. The number of halogens is 2. The molecule has 0 spiro atoms. The van der Waals surface area contributed by atoms with Gasteiger partial charge >= 0.3 is 0 Å². The fourth-order valence-corrected chi connectivity index (χ4v) is 5.40. The van der Waals surface area contributed by atoms with Crippen LogP contribution in [0.15, 0.2) is 11.0 Å². The lowest BCUT2D eigenvalue weighted by Gasteiger charge is -2.23. The first kappa shape index (κ1) is 18.1. The van der Waals surface area contributed by atoms with E-state index in [1.165, 1.54) is 10.4 Å². The van der Waals surface area contributed by atoms with Gasteiger partial charge in [0, 0.05) is 19.5 Å². The van der Waals surface area contributed by atoms with E-state index in [4.69, 9.17) is 41.2 Å². The summed E-state index contributed by atoms with van der Waals surface area (Å²) < 4.78 is 27.1. The van der Waals surface area contributed by atoms with Gasteiger partial charge in [-0.2, -0.15) is 4.31 Å². The van der Waals surface area contributed by atoms with Gasteiger partial charge in [0.05, 0.1) is 9.32 Å². The largest absolute Gasteiger partial charge is 0.393 e. The van der Waals surface area contributed by atoms with E-state index in [0.717, 1.165) is 11.3 Å². The molecule has 0 aromatic carbocycles. The number of nitrogens with two attached hydrogens (primary N) is 1. The molecule has 0 unspecified atom stereocenters. The summed E-state index contributed by atoms with van der Waals surface area (Å²) in [5, 5.41) is 0. The van der Waals surface area contributed by atoms with E-state index in [9.17, 15) is 8.42 Å². The van der Waals surface area contributed by atoms with Gasteiger partial charge in [-0.15, -0.1) is 11.3 Å². The zero-order valence-corrected chi connectivity index (χ0v) is 15.1. The first-order valence-corrected chi connectivity index (χ1v) is 9.30. The van der Waals surface area contributed by atoms with Crippen molar-refractivity contribution in [1.29, 1.82) is 0 Å². The SMILES string of the molecule is CC(C)CN(CCC(N)=S)S(=O)(=O)c1cc(Cl)sc1Cl. The molecule has 0 aliphatic rings. The molecule has 0 aliphatic heterocycles. The third-order valence-corrected chi connectivity index (χ3v) is 6.24. The summed E-state index contributed by atoms with van der Waals surface area (Å²) in [7, 11) is -3.69. The highest BCUT2D eigenvalue weighted by molar-refractivity contribution is 7.89. The third-order valence-electron chi connectivity index (χ3n) is 2.42. The van der Waals surface area contributed by atoms with Crippen LogP contribution in [0.3, 0.4) is 0 Å². The maximum Gasteiger partial charge on any atom is 0.245 e. The summed E-state index contributed by atoms with van der Waals surface area (Å²) in [6.45, 7) is 4.48. The quantitative estimate of drug-likeness (QED) is 0.742. The fourth-order valence-electron chi connectivity index (χ4n) is 1.59. The summed E-state index contributed by atoms with van der Waals surface area (Å²) in [6.07, 6.45) is 0.330. The molecule has 1 aromatic rings. The average molecular weight is 375 g/mol. The van der Waals surface area contributed by atoms with E-state index in [2.05, 4.69) is 0 Å². The molecule has 20 heavy (non-hydrogen) atoms. The van der Waals surface area contributed by atoms with Crippen LogP contribution in [0.1, 0.15) is 20.3 Å². The van der Waals surface area contributed by atoms with Crippen LogP contribution in [0.2, 0.25) is 8.67 Å². The van der Waals surface area contributed by atoms with Gasteiger partial charge in [-0.3, -0.25) is 0 Å². The van der Waals surface area contributed by atoms with Crippen LogP contribution in [-0.2, 0) is 10.0 Å². The third kappa shape index (κ3) is 4.82. The number of thiocarbonyl (C=S) groups is 1. The lowest BCUT2D eigenvalue weighted by Crippen LogP contribution is -2.36. The molecule has 0 bridgehead atoms. The molecule has 1 rings (SSSR count). The summed E-state index contributed by atoms with van der Waals surface area (Å²) in [5.41, 5.74) is 5.45. The molecule has 0 saturated carbocycles. The number of nitrogens with zero attached hydrogens (tertiary/aromatic N) is 1. The van der Waals surface area contributed by atoms with E-state index in [-0.39, 0.29) is 26.7 Å². The first-order valence-electron chi connectivity index (χ1n) is 5.88. The number of hydrogen-bond acceptors (Lipinski definition) is 4. The molecule has 114 valence electrons. The van der Waals surface area contributed by atoms with E-state index >= 15 is 0 Å². The maximum atomic E-state index is 12.6. The van der Waals surface area contributed by atoms with Gasteiger partial charge in [0.2, 0.25) is 10.0 Å². The van der Waals surface area contributed by atoms with Gasteiger partial charge in [-0.05, 0) is 12.0 Å². The highest BCUT2D eigenvalue weighted by Gasteiger charge is 2.28. The Hall–Kier alpha value is 0.0800. The summed E-state index contributed by atoms with van der Waals surface area (Å²) in [5.74, 6) is 0.170. The zero-order chi connectivity index (χ0) is 15.5. The van der Waals surface area contributed by atoms with Gasteiger partial charge in [0.15, 0.2) is 0 Å². The lowest BCUT2D eigenvalue weighted by molar-refractivity contribution is 0.375. The Balaban J connectivity index is 3.09. The highest BCUT2D eigenvalue weighted by atomic mass is 35.5. The predicted octanol–water partition coefficient (Wildman–Crippen LogP) is 3.38. The molecular weight excluding hydrogens is 359 g/mol. The molecule has 1 heterocycles. The molecule has 0 radical (unpaired) electrons. The minimum Gasteiger partial charge on any atom is -0.393 e. The van der Waals surface area contributed by atoms with E-state index in [0.29, 0.717) is 17.3 Å². The molecule has 0 aliphatic carbocycles. The van der Waals surface area contributed by atoms with Gasteiger partial charge < -0.3 is 5.73 Å². The average Bonchev–Trinajstić information content (AvgIpc) is 2.63. The number of hydrogen-bond donors (Lipinski definition) is 1. The number of thiophene rings is 1. The molecule has 1 aromatic heterocycles. The maximum absolute atomic E-state index is 12.6. The van der Waals surface area contributed by atoms with E-state index < -0.39 is 10.0 Å². The molecule has 9 heteroatoms. The van der Waals surface area contributed by atoms with Crippen LogP contribution in [0.25, 0.3) is 0 Å². The summed E-state index contributed by atoms with van der Waals surface area (Å²) in [4.78, 5) is 0.321. The smallest absolute Gasteiger partial charge is 0.245 e. The molecule has 2 N–H and O–H groups in total. The Kier molecular flexibility index (Phi) is 6.69. The predicted molar refractivity (Wildman–Crippen MR) is 89.3 cm³/mol. The van der Waals surface area contributed by atoms with E-state index in [1.54, 1.807) is 0 Å². The van der Waals surface area contributed by atoms with Crippen molar-refractivity contribution >= 4 is 61.8 Å². The first-order chi connectivity index (χ1) is 9.14. The van der Waals surface area contributed by atoms with Crippen molar-refractivity contribution in [3.8, 4) is 0 Å². The van der Waals surface area contributed by atoms with Crippen LogP contribution in [0, 0.1) is 5.92 Å². The second-order valence-corrected chi connectivity index (χ2v) is 9.38. The summed E-state index contributed by atoms with van der Waals surface area (Å²) in [6, 6.07) is 1.37. The summed E-state index contributed by atoms with van der Waals surface area (Å²) >= 11 is 17.6. The molecule has 0 atom stereocenters. The number of rotatable bonds is 7.